The highest BCUT2D eigenvalue weighted by Crippen LogP contribution is 2.44. The standard InChI is InChI=1S/C26H18N2S/c1-2-4-22-20-8-6-18-12-14-28(24(18)16-20)26-10-9-25(29-26)27-13-11-17-5-7-19(15-23(17)27)21(22)3-1/h1-5,7-16,18H,6H2. The van der Waals surface area contributed by atoms with Gasteiger partial charge in [-0.2, -0.15) is 0 Å². The minimum absolute atomic E-state index is 0.473. The Kier molecular flexibility index (Phi) is 3.02. The Bertz CT molecular complexity index is 1400. The third-order valence-corrected chi connectivity index (χ3v) is 7.40. The number of anilines is 1. The average Bonchev–Trinajstić information content (AvgIpc) is 3.49. The van der Waals surface area contributed by atoms with E-state index < -0.39 is 0 Å². The lowest BCUT2D eigenvalue weighted by Crippen LogP contribution is -2.16. The van der Waals surface area contributed by atoms with Gasteiger partial charge >= 0.3 is 0 Å². The van der Waals surface area contributed by atoms with Crippen LogP contribution in [-0.4, -0.2) is 4.57 Å². The van der Waals surface area contributed by atoms with Crippen molar-refractivity contribution in [2.45, 2.75) is 6.42 Å². The van der Waals surface area contributed by atoms with Crippen LogP contribution in [0, 0.1) is 5.92 Å². The molecule has 1 unspecified atom stereocenters. The minimum atomic E-state index is 0.473. The predicted molar refractivity (Wildman–Crippen MR) is 122 cm³/mol. The number of hydrogen-bond donors (Lipinski definition) is 0. The third kappa shape index (κ3) is 2.16. The van der Waals surface area contributed by atoms with Crippen LogP contribution in [0.4, 0.5) is 5.00 Å². The highest BCUT2D eigenvalue weighted by Gasteiger charge is 2.28. The zero-order chi connectivity index (χ0) is 18.9. The maximum atomic E-state index is 2.40. The van der Waals surface area contributed by atoms with E-state index in [0.29, 0.717) is 5.92 Å². The highest BCUT2D eigenvalue weighted by atomic mass is 32.1. The van der Waals surface area contributed by atoms with Gasteiger partial charge in [0.2, 0.25) is 0 Å². The van der Waals surface area contributed by atoms with Crippen molar-refractivity contribution < 1.29 is 0 Å². The van der Waals surface area contributed by atoms with E-state index in [1.165, 1.54) is 48.9 Å². The minimum Gasteiger partial charge on any atom is -0.312 e. The quantitative estimate of drug-likeness (QED) is 0.314. The monoisotopic (exact) mass is 390 g/mol. The van der Waals surface area contributed by atoms with E-state index in [1.54, 1.807) is 0 Å². The van der Waals surface area contributed by atoms with E-state index in [-0.39, 0.29) is 0 Å². The van der Waals surface area contributed by atoms with Crippen molar-refractivity contribution >= 4 is 32.8 Å². The third-order valence-electron chi connectivity index (χ3n) is 6.32. The fraction of sp³-hybridized carbons (Fsp3) is 0.0769. The molecule has 29 heavy (non-hydrogen) atoms. The van der Waals surface area contributed by atoms with Gasteiger partial charge in [0.25, 0.3) is 0 Å². The van der Waals surface area contributed by atoms with Gasteiger partial charge in [0.1, 0.15) is 10.0 Å². The summed E-state index contributed by atoms with van der Waals surface area (Å²) in [5, 5.41) is 3.80. The van der Waals surface area contributed by atoms with Gasteiger partial charge in [0.15, 0.2) is 0 Å². The lowest BCUT2D eigenvalue weighted by molar-refractivity contribution is 0.779. The van der Waals surface area contributed by atoms with E-state index >= 15 is 0 Å². The number of hydrogen-bond acceptors (Lipinski definition) is 2. The summed E-state index contributed by atoms with van der Waals surface area (Å²) in [5.41, 5.74) is 7.85. The molecule has 1 atom stereocenters. The summed E-state index contributed by atoms with van der Waals surface area (Å²) >= 11 is 1.85. The zero-order valence-corrected chi connectivity index (χ0v) is 16.6. The molecule has 1 aliphatic carbocycles. The molecule has 0 N–H and O–H groups in total. The number of aromatic nitrogens is 1. The van der Waals surface area contributed by atoms with Crippen molar-refractivity contribution in [3.8, 4) is 16.1 Å². The van der Waals surface area contributed by atoms with Crippen molar-refractivity contribution in [2.75, 3.05) is 4.90 Å². The van der Waals surface area contributed by atoms with Crippen molar-refractivity contribution in [3.63, 3.8) is 0 Å². The van der Waals surface area contributed by atoms with Crippen LogP contribution >= 0.6 is 11.3 Å². The van der Waals surface area contributed by atoms with Gasteiger partial charge in [-0.1, -0.05) is 59.9 Å². The largest absolute Gasteiger partial charge is 0.312 e. The molecule has 0 spiro atoms. The topological polar surface area (TPSA) is 8.17 Å². The molecule has 138 valence electrons. The first-order chi connectivity index (χ1) is 14.3. The second-order valence-corrected chi connectivity index (χ2v) is 8.94. The van der Waals surface area contributed by atoms with Gasteiger partial charge in [0.05, 0.1) is 5.52 Å². The molecule has 0 amide bonds. The molecule has 4 aromatic rings. The maximum Gasteiger partial charge on any atom is 0.102 e. The lowest BCUT2D eigenvalue weighted by Gasteiger charge is -2.25. The van der Waals surface area contributed by atoms with Gasteiger partial charge in [-0.25, -0.2) is 0 Å². The number of allylic oxidation sites excluding steroid dienone is 4. The molecule has 6 bridgehead atoms. The molecule has 2 aliphatic heterocycles. The molecule has 0 fully saturated rings. The molecule has 0 saturated carbocycles. The van der Waals surface area contributed by atoms with Crippen LogP contribution in [0.25, 0.3) is 32.6 Å². The average molecular weight is 391 g/mol. The van der Waals surface area contributed by atoms with Crippen LogP contribution in [0.3, 0.4) is 0 Å². The summed E-state index contributed by atoms with van der Waals surface area (Å²) in [6, 6.07) is 22.4. The summed E-state index contributed by atoms with van der Waals surface area (Å²) in [6.45, 7) is 0. The molecule has 2 aromatic heterocycles. The van der Waals surface area contributed by atoms with Gasteiger partial charge in [0, 0.05) is 29.4 Å². The molecular weight excluding hydrogens is 372 g/mol. The van der Waals surface area contributed by atoms with Gasteiger partial charge in [-0.05, 0) is 59.0 Å². The van der Waals surface area contributed by atoms with Crippen LogP contribution in [0.5, 0.6) is 0 Å². The summed E-state index contributed by atoms with van der Waals surface area (Å²) in [5.74, 6) is 0.473. The molecule has 0 saturated heterocycles. The fourth-order valence-electron chi connectivity index (χ4n) is 4.84. The Morgan fingerprint density at radius 1 is 0.897 bits per heavy atom. The van der Waals surface area contributed by atoms with Crippen LogP contribution in [-0.2, 0) is 0 Å². The molecule has 4 heterocycles. The maximum absolute atomic E-state index is 2.40. The number of fused-ring (bicyclic) bond motifs is 9. The second kappa shape index (κ2) is 5.62. The Balaban J connectivity index is 1.59. The van der Waals surface area contributed by atoms with Crippen molar-refractivity contribution in [2.24, 2.45) is 5.92 Å². The summed E-state index contributed by atoms with van der Waals surface area (Å²) < 4.78 is 2.32. The number of nitrogens with zero attached hydrogens (tertiary/aromatic N) is 2. The van der Waals surface area contributed by atoms with Crippen LogP contribution < -0.4 is 4.90 Å². The van der Waals surface area contributed by atoms with E-state index in [0.717, 1.165) is 6.42 Å². The molecule has 3 heteroatoms. The second-order valence-electron chi connectivity index (χ2n) is 7.90. The number of rotatable bonds is 0. The predicted octanol–water partition coefficient (Wildman–Crippen LogP) is 6.99. The Morgan fingerprint density at radius 2 is 1.79 bits per heavy atom. The fourth-order valence-corrected chi connectivity index (χ4v) is 5.85. The van der Waals surface area contributed by atoms with Gasteiger partial charge < -0.3 is 9.47 Å². The van der Waals surface area contributed by atoms with E-state index in [2.05, 4.69) is 101 Å². The normalized spacial score (nSPS) is 18.8. The first kappa shape index (κ1) is 15.6. The number of benzene rings is 2. The van der Waals surface area contributed by atoms with Crippen molar-refractivity contribution in [3.05, 3.63) is 103 Å². The van der Waals surface area contributed by atoms with Crippen LogP contribution in [0.15, 0.2) is 97.0 Å². The van der Waals surface area contributed by atoms with E-state index in [1.807, 2.05) is 11.3 Å². The number of thiophene rings is 1. The van der Waals surface area contributed by atoms with Gasteiger partial charge in [-0.15, -0.1) is 0 Å². The smallest absolute Gasteiger partial charge is 0.102 e. The lowest BCUT2D eigenvalue weighted by atomic mass is 9.87. The highest BCUT2D eigenvalue weighted by molar-refractivity contribution is 7.18. The van der Waals surface area contributed by atoms with Crippen molar-refractivity contribution in [1.82, 2.24) is 4.57 Å². The molecule has 0 radical (unpaired) electrons. The van der Waals surface area contributed by atoms with E-state index in [4.69, 9.17) is 0 Å². The Hall–Kier alpha value is -3.30. The SMILES string of the molecule is C1=CN2C3=CC(=CCC13)c1ccccc1-c1ccc3ccn(c3c1)-c1ccc2s1. The summed E-state index contributed by atoms with van der Waals surface area (Å²) in [6.07, 6.45) is 12.6. The molecule has 7 rings (SSSR count). The molecule has 2 nitrogen and oxygen atoms in total. The molecule has 2 aromatic carbocycles. The Morgan fingerprint density at radius 3 is 2.76 bits per heavy atom. The van der Waals surface area contributed by atoms with Crippen LogP contribution in [0.1, 0.15) is 12.0 Å². The first-order valence-corrected chi connectivity index (χ1v) is 10.9. The molecule has 3 aliphatic rings. The molecular formula is C26H18N2S. The Labute approximate surface area is 173 Å². The van der Waals surface area contributed by atoms with E-state index in [9.17, 15) is 0 Å². The van der Waals surface area contributed by atoms with Gasteiger partial charge in [-0.3, -0.25) is 0 Å². The summed E-state index contributed by atoms with van der Waals surface area (Å²) in [4.78, 5) is 2.38. The zero-order valence-electron chi connectivity index (χ0n) is 15.7. The first-order valence-electron chi connectivity index (χ1n) is 10.1. The summed E-state index contributed by atoms with van der Waals surface area (Å²) in [7, 11) is 0. The van der Waals surface area contributed by atoms with Crippen molar-refractivity contribution in [1.29, 1.82) is 0 Å². The van der Waals surface area contributed by atoms with Crippen LogP contribution in [0.2, 0.25) is 0 Å².